The molecule has 1 aromatic heterocycles. The Labute approximate surface area is 98.8 Å². The van der Waals surface area contributed by atoms with Crippen LogP contribution in [-0.4, -0.2) is 49.3 Å². The van der Waals surface area contributed by atoms with Crippen molar-refractivity contribution >= 4 is 15.7 Å². The zero-order chi connectivity index (χ0) is 12.8. The third-order valence-electron chi connectivity index (χ3n) is 2.51. The molecule has 2 rings (SSSR count). The molecule has 1 fully saturated rings. The van der Waals surface area contributed by atoms with E-state index in [1.807, 2.05) is 0 Å². The fourth-order valence-corrected chi connectivity index (χ4v) is 2.27. The monoisotopic (exact) mass is 259 g/mol. The van der Waals surface area contributed by atoms with Gasteiger partial charge in [0.2, 0.25) is 14.9 Å². The van der Waals surface area contributed by atoms with Crippen LogP contribution in [0.4, 0.5) is 0 Å². The summed E-state index contributed by atoms with van der Waals surface area (Å²) in [5.41, 5.74) is -0.859. The number of amides is 1. The molecule has 0 saturated carbocycles. The van der Waals surface area contributed by atoms with Gasteiger partial charge >= 0.3 is 0 Å². The van der Waals surface area contributed by atoms with Gasteiger partial charge in [-0.3, -0.25) is 4.79 Å². The van der Waals surface area contributed by atoms with Crippen molar-refractivity contribution in [2.24, 2.45) is 0 Å². The number of furan rings is 1. The van der Waals surface area contributed by atoms with Crippen molar-refractivity contribution < 1.29 is 22.7 Å². The molecule has 0 aliphatic carbocycles. The lowest BCUT2D eigenvalue weighted by molar-refractivity contribution is -0.0679. The molecule has 0 spiro atoms. The van der Waals surface area contributed by atoms with Crippen molar-refractivity contribution in [2.45, 2.75) is 17.6 Å². The Hall–Kier alpha value is -1.34. The number of rotatable bonds is 2. The molecule has 1 aliphatic heterocycles. The quantitative estimate of drug-likeness (QED) is 0.800. The van der Waals surface area contributed by atoms with Crippen molar-refractivity contribution in [3.05, 3.63) is 17.9 Å². The summed E-state index contributed by atoms with van der Waals surface area (Å²) in [6.07, 6.45) is 1.01. The summed E-state index contributed by atoms with van der Waals surface area (Å²) < 4.78 is 27.3. The summed E-state index contributed by atoms with van der Waals surface area (Å²) in [4.78, 5) is 13.2. The van der Waals surface area contributed by atoms with E-state index in [2.05, 4.69) is 0 Å². The third kappa shape index (κ3) is 2.34. The van der Waals surface area contributed by atoms with Crippen LogP contribution >= 0.6 is 0 Å². The minimum absolute atomic E-state index is 0.0269. The summed E-state index contributed by atoms with van der Waals surface area (Å²) in [7, 11) is -3.44. The number of nitrogens with zero attached hydrogens (tertiary/aromatic N) is 1. The van der Waals surface area contributed by atoms with Gasteiger partial charge in [-0.15, -0.1) is 0 Å². The number of β-amino-alcohol motifs (C(OH)–C–C–N with tert-alkyl or cyclic N) is 1. The van der Waals surface area contributed by atoms with E-state index in [1.54, 1.807) is 6.92 Å². The van der Waals surface area contributed by atoms with Crippen LogP contribution in [0.1, 0.15) is 17.5 Å². The van der Waals surface area contributed by atoms with Crippen LogP contribution in [-0.2, 0) is 9.84 Å². The second-order valence-electron chi connectivity index (χ2n) is 4.55. The highest BCUT2D eigenvalue weighted by Gasteiger charge is 2.40. The van der Waals surface area contributed by atoms with Crippen LogP contribution in [0.15, 0.2) is 21.6 Å². The maximum atomic E-state index is 11.8. The molecule has 0 atom stereocenters. The molecule has 0 radical (unpaired) electrons. The van der Waals surface area contributed by atoms with Gasteiger partial charge in [0.25, 0.3) is 5.91 Å². The molecule has 0 aromatic carbocycles. The smallest absolute Gasteiger partial charge is 0.289 e. The Morgan fingerprint density at radius 2 is 2.06 bits per heavy atom. The molecular weight excluding hydrogens is 246 g/mol. The number of hydrogen-bond donors (Lipinski definition) is 1. The molecule has 1 N–H and O–H groups in total. The minimum atomic E-state index is -3.44. The van der Waals surface area contributed by atoms with Gasteiger partial charge in [-0.2, -0.15) is 0 Å². The highest BCUT2D eigenvalue weighted by atomic mass is 32.2. The average Bonchev–Trinajstić information content (AvgIpc) is 2.60. The van der Waals surface area contributed by atoms with Crippen LogP contribution < -0.4 is 0 Å². The van der Waals surface area contributed by atoms with Crippen molar-refractivity contribution in [2.75, 3.05) is 19.3 Å². The summed E-state index contributed by atoms with van der Waals surface area (Å²) in [5.74, 6) is -0.438. The van der Waals surface area contributed by atoms with E-state index in [0.29, 0.717) is 0 Å². The van der Waals surface area contributed by atoms with Gasteiger partial charge in [-0.05, 0) is 19.1 Å². The zero-order valence-corrected chi connectivity index (χ0v) is 10.3. The van der Waals surface area contributed by atoms with E-state index >= 15 is 0 Å². The van der Waals surface area contributed by atoms with Crippen LogP contribution in [0.25, 0.3) is 0 Å². The Morgan fingerprint density at radius 3 is 2.47 bits per heavy atom. The predicted octanol–water partition coefficient (Wildman–Crippen LogP) is -0.110. The number of carbonyl (C=O) groups is 1. The maximum absolute atomic E-state index is 11.8. The van der Waals surface area contributed by atoms with Gasteiger partial charge < -0.3 is 14.4 Å². The Morgan fingerprint density at radius 1 is 1.47 bits per heavy atom. The second kappa shape index (κ2) is 3.58. The van der Waals surface area contributed by atoms with Gasteiger partial charge in [0, 0.05) is 6.26 Å². The standard InChI is InChI=1S/C10H13NO5S/c1-10(13)5-11(6-10)9(12)7-3-4-8(16-7)17(2,14)15/h3-4,13H,5-6H2,1-2H3. The van der Waals surface area contributed by atoms with Gasteiger partial charge in [0.15, 0.2) is 5.76 Å². The Kier molecular flexibility index (Phi) is 2.55. The lowest BCUT2D eigenvalue weighted by Gasteiger charge is -2.43. The molecule has 1 aliphatic rings. The first-order valence-electron chi connectivity index (χ1n) is 5.01. The van der Waals surface area contributed by atoms with Gasteiger partial charge in [0.1, 0.15) is 0 Å². The molecule has 1 aromatic rings. The Bertz CT molecular complexity index is 549. The average molecular weight is 259 g/mol. The van der Waals surface area contributed by atoms with Crippen LogP contribution in [0.3, 0.4) is 0 Å². The second-order valence-corrected chi connectivity index (χ2v) is 6.50. The molecule has 1 saturated heterocycles. The largest absolute Gasteiger partial charge is 0.440 e. The molecule has 2 heterocycles. The molecule has 1 amide bonds. The number of likely N-dealkylation sites (tertiary alicyclic amines) is 1. The van der Waals surface area contributed by atoms with Crippen LogP contribution in [0.5, 0.6) is 0 Å². The lowest BCUT2D eigenvalue weighted by Crippen LogP contribution is -2.61. The Balaban J connectivity index is 2.14. The van der Waals surface area contributed by atoms with E-state index in [9.17, 15) is 18.3 Å². The third-order valence-corrected chi connectivity index (χ3v) is 3.46. The first-order valence-corrected chi connectivity index (χ1v) is 6.90. The van der Waals surface area contributed by atoms with Crippen molar-refractivity contribution in [1.82, 2.24) is 4.90 Å². The van der Waals surface area contributed by atoms with E-state index in [-0.39, 0.29) is 23.9 Å². The van der Waals surface area contributed by atoms with E-state index < -0.39 is 21.3 Å². The molecule has 17 heavy (non-hydrogen) atoms. The number of carbonyl (C=O) groups excluding carboxylic acids is 1. The van der Waals surface area contributed by atoms with Gasteiger partial charge in [0.05, 0.1) is 18.7 Å². The van der Waals surface area contributed by atoms with Crippen molar-refractivity contribution in [3.63, 3.8) is 0 Å². The number of hydrogen-bond acceptors (Lipinski definition) is 5. The van der Waals surface area contributed by atoms with E-state index in [1.165, 1.54) is 17.0 Å². The summed E-state index contributed by atoms with van der Waals surface area (Å²) in [5, 5.41) is 9.26. The van der Waals surface area contributed by atoms with E-state index in [0.717, 1.165) is 6.26 Å². The van der Waals surface area contributed by atoms with Gasteiger partial charge in [-0.1, -0.05) is 0 Å². The topological polar surface area (TPSA) is 87.8 Å². The number of aliphatic hydroxyl groups is 1. The summed E-state index contributed by atoms with van der Waals surface area (Å²) in [6.45, 7) is 2.07. The molecule has 6 nitrogen and oxygen atoms in total. The normalized spacial score (nSPS) is 18.9. The molecule has 94 valence electrons. The molecule has 7 heteroatoms. The fraction of sp³-hybridized carbons (Fsp3) is 0.500. The summed E-state index contributed by atoms with van der Waals surface area (Å²) >= 11 is 0. The van der Waals surface area contributed by atoms with Crippen LogP contribution in [0, 0.1) is 0 Å². The fourth-order valence-electron chi connectivity index (χ4n) is 1.71. The molecule has 0 unspecified atom stereocenters. The first kappa shape index (κ1) is 12.1. The molecular formula is C10H13NO5S. The first-order chi connectivity index (χ1) is 7.69. The summed E-state index contributed by atoms with van der Waals surface area (Å²) in [6, 6.07) is 2.58. The number of sulfone groups is 1. The minimum Gasteiger partial charge on any atom is -0.440 e. The lowest BCUT2D eigenvalue weighted by atomic mass is 9.97. The highest BCUT2D eigenvalue weighted by molar-refractivity contribution is 7.90. The van der Waals surface area contributed by atoms with Crippen molar-refractivity contribution in [1.29, 1.82) is 0 Å². The SMILES string of the molecule is CC1(O)CN(C(=O)c2ccc(S(C)(=O)=O)o2)C1. The predicted molar refractivity (Wildman–Crippen MR) is 58.3 cm³/mol. The maximum Gasteiger partial charge on any atom is 0.289 e. The van der Waals surface area contributed by atoms with Crippen LogP contribution in [0.2, 0.25) is 0 Å². The van der Waals surface area contributed by atoms with Gasteiger partial charge in [-0.25, -0.2) is 8.42 Å². The zero-order valence-electron chi connectivity index (χ0n) is 9.50. The highest BCUT2D eigenvalue weighted by Crippen LogP contribution is 2.23. The molecule has 0 bridgehead atoms. The van der Waals surface area contributed by atoms with E-state index in [4.69, 9.17) is 4.42 Å². The van der Waals surface area contributed by atoms with Crippen molar-refractivity contribution in [3.8, 4) is 0 Å².